The third-order valence-electron chi connectivity index (χ3n) is 1.40. The average Bonchev–Trinajstić information content (AvgIpc) is 1.98. The van der Waals surface area contributed by atoms with Gasteiger partial charge < -0.3 is 15.7 Å². The van der Waals surface area contributed by atoms with Crippen molar-refractivity contribution in [3.8, 4) is 0 Å². The molecule has 0 spiro atoms. The second kappa shape index (κ2) is 7.06. The highest BCUT2D eigenvalue weighted by molar-refractivity contribution is 5.77. The van der Waals surface area contributed by atoms with Gasteiger partial charge in [0.1, 0.15) is 0 Å². The van der Waals surface area contributed by atoms with Gasteiger partial charge >= 0.3 is 0 Å². The molecule has 72 valence electrons. The van der Waals surface area contributed by atoms with Gasteiger partial charge in [0, 0.05) is 6.54 Å². The highest BCUT2D eigenvalue weighted by Gasteiger charge is 1.98. The highest BCUT2D eigenvalue weighted by atomic mass is 16.3. The fraction of sp³-hybridized carbons (Fsp3) is 0.875. The minimum atomic E-state index is -0.299. The first kappa shape index (κ1) is 11.4. The Morgan fingerprint density at radius 3 is 2.75 bits per heavy atom. The first-order chi connectivity index (χ1) is 5.66. The molecule has 1 unspecified atom stereocenters. The number of carbonyl (C=O) groups excluding carboxylic acids is 1. The van der Waals surface area contributed by atoms with Crippen LogP contribution in [0.3, 0.4) is 0 Å². The van der Waals surface area contributed by atoms with E-state index in [-0.39, 0.29) is 12.0 Å². The lowest BCUT2D eigenvalue weighted by atomic mass is 10.3. The summed E-state index contributed by atoms with van der Waals surface area (Å²) in [6, 6.07) is 0. The molecule has 0 aliphatic heterocycles. The van der Waals surface area contributed by atoms with Crippen LogP contribution in [-0.2, 0) is 4.79 Å². The molecule has 0 fully saturated rings. The number of hydrogen-bond donors (Lipinski definition) is 3. The van der Waals surface area contributed by atoms with Crippen molar-refractivity contribution in [3.05, 3.63) is 0 Å². The summed E-state index contributed by atoms with van der Waals surface area (Å²) < 4.78 is 0. The number of nitrogens with one attached hydrogen (secondary N) is 2. The summed E-state index contributed by atoms with van der Waals surface area (Å²) in [5.74, 6) is 0.00286. The third kappa shape index (κ3) is 7.50. The Morgan fingerprint density at radius 1 is 1.58 bits per heavy atom. The fourth-order valence-corrected chi connectivity index (χ4v) is 0.773. The van der Waals surface area contributed by atoms with E-state index in [1.807, 2.05) is 6.92 Å². The number of amides is 1. The molecule has 3 N–H and O–H groups in total. The normalized spacial score (nSPS) is 12.6. The third-order valence-corrected chi connectivity index (χ3v) is 1.40. The summed E-state index contributed by atoms with van der Waals surface area (Å²) in [5, 5.41) is 14.5. The Kier molecular flexibility index (Phi) is 6.70. The lowest BCUT2D eigenvalue weighted by molar-refractivity contribution is -0.120. The molecule has 0 heterocycles. The number of aliphatic hydroxyl groups excluding tert-OH is 1. The van der Waals surface area contributed by atoms with Gasteiger partial charge in [-0.3, -0.25) is 4.79 Å². The Morgan fingerprint density at radius 2 is 2.25 bits per heavy atom. The SMILES string of the molecule is CCNC(=O)CNCCC(C)O. The van der Waals surface area contributed by atoms with E-state index in [4.69, 9.17) is 5.11 Å². The van der Waals surface area contributed by atoms with E-state index in [0.29, 0.717) is 26.1 Å². The lowest BCUT2D eigenvalue weighted by Gasteiger charge is -2.05. The van der Waals surface area contributed by atoms with Crippen molar-refractivity contribution in [1.29, 1.82) is 0 Å². The van der Waals surface area contributed by atoms with E-state index in [2.05, 4.69) is 10.6 Å². The molecule has 0 bridgehead atoms. The van der Waals surface area contributed by atoms with Crippen LogP contribution in [0.1, 0.15) is 20.3 Å². The number of carbonyl (C=O) groups is 1. The molecule has 0 saturated heterocycles. The van der Waals surface area contributed by atoms with Crippen molar-refractivity contribution >= 4 is 5.91 Å². The second-order valence-corrected chi connectivity index (χ2v) is 2.77. The molecule has 0 aliphatic rings. The summed E-state index contributed by atoms with van der Waals surface area (Å²) in [6.07, 6.45) is 0.381. The Bertz CT molecular complexity index is 126. The van der Waals surface area contributed by atoms with E-state index in [1.54, 1.807) is 6.92 Å². The summed E-state index contributed by atoms with van der Waals surface area (Å²) in [6.45, 7) is 5.29. The Hall–Kier alpha value is -0.610. The quantitative estimate of drug-likeness (QED) is 0.475. The molecule has 1 amide bonds. The first-order valence-electron chi connectivity index (χ1n) is 4.32. The maximum absolute atomic E-state index is 10.9. The van der Waals surface area contributed by atoms with Crippen LogP contribution in [0.15, 0.2) is 0 Å². The number of hydrogen-bond acceptors (Lipinski definition) is 3. The van der Waals surface area contributed by atoms with Gasteiger partial charge in [0.2, 0.25) is 5.91 Å². The number of likely N-dealkylation sites (N-methyl/N-ethyl adjacent to an activating group) is 1. The van der Waals surface area contributed by atoms with Gasteiger partial charge in [-0.15, -0.1) is 0 Å². The maximum atomic E-state index is 10.9. The van der Waals surface area contributed by atoms with Gasteiger partial charge in [-0.25, -0.2) is 0 Å². The largest absolute Gasteiger partial charge is 0.393 e. The van der Waals surface area contributed by atoms with Crippen molar-refractivity contribution in [2.24, 2.45) is 0 Å². The van der Waals surface area contributed by atoms with Gasteiger partial charge in [0.05, 0.1) is 12.6 Å². The first-order valence-corrected chi connectivity index (χ1v) is 4.32. The lowest BCUT2D eigenvalue weighted by Crippen LogP contribution is -2.34. The molecule has 0 saturated carbocycles. The van der Waals surface area contributed by atoms with Crippen molar-refractivity contribution in [2.75, 3.05) is 19.6 Å². The maximum Gasteiger partial charge on any atom is 0.233 e. The summed E-state index contributed by atoms with van der Waals surface area (Å²) >= 11 is 0. The minimum Gasteiger partial charge on any atom is -0.393 e. The van der Waals surface area contributed by atoms with Crippen molar-refractivity contribution in [1.82, 2.24) is 10.6 Å². The van der Waals surface area contributed by atoms with Crippen LogP contribution < -0.4 is 10.6 Å². The van der Waals surface area contributed by atoms with E-state index in [0.717, 1.165) is 0 Å². The molecule has 0 radical (unpaired) electrons. The van der Waals surface area contributed by atoms with Gasteiger partial charge in [0.25, 0.3) is 0 Å². The van der Waals surface area contributed by atoms with Gasteiger partial charge in [0.15, 0.2) is 0 Å². The van der Waals surface area contributed by atoms with Crippen LogP contribution in [0.25, 0.3) is 0 Å². The van der Waals surface area contributed by atoms with Crippen molar-refractivity contribution in [3.63, 3.8) is 0 Å². The van der Waals surface area contributed by atoms with Crippen LogP contribution in [0.2, 0.25) is 0 Å². The number of rotatable bonds is 6. The van der Waals surface area contributed by atoms with Gasteiger partial charge in [-0.05, 0) is 26.8 Å². The highest BCUT2D eigenvalue weighted by Crippen LogP contribution is 1.84. The molecule has 1 atom stereocenters. The van der Waals surface area contributed by atoms with Crippen LogP contribution in [-0.4, -0.2) is 36.8 Å². The number of aliphatic hydroxyl groups is 1. The average molecular weight is 174 g/mol. The summed E-state index contributed by atoms with van der Waals surface area (Å²) in [7, 11) is 0. The van der Waals surface area contributed by atoms with E-state index < -0.39 is 0 Å². The zero-order valence-electron chi connectivity index (χ0n) is 7.76. The molecule has 0 aromatic heterocycles. The Labute approximate surface area is 73.3 Å². The zero-order chi connectivity index (χ0) is 9.40. The predicted octanol–water partition coefficient (Wildman–Crippen LogP) is -0.517. The molecular formula is C8H18N2O2. The summed E-state index contributed by atoms with van der Waals surface area (Å²) in [4.78, 5) is 10.9. The Balaban J connectivity index is 3.14. The van der Waals surface area contributed by atoms with Crippen molar-refractivity contribution < 1.29 is 9.90 Å². The smallest absolute Gasteiger partial charge is 0.233 e. The second-order valence-electron chi connectivity index (χ2n) is 2.77. The molecule has 0 rings (SSSR count). The molecule has 12 heavy (non-hydrogen) atoms. The summed E-state index contributed by atoms with van der Waals surface area (Å²) in [5.41, 5.74) is 0. The fourth-order valence-electron chi connectivity index (χ4n) is 0.773. The topological polar surface area (TPSA) is 61.4 Å². The minimum absolute atomic E-state index is 0.00286. The van der Waals surface area contributed by atoms with Gasteiger partial charge in [-0.2, -0.15) is 0 Å². The molecule has 0 aliphatic carbocycles. The predicted molar refractivity (Wildman–Crippen MR) is 47.9 cm³/mol. The van der Waals surface area contributed by atoms with E-state index in [1.165, 1.54) is 0 Å². The van der Waals surface area contributed by atoms with Crippen molar-refractivity contribution in [2.45, 2.75) is 26.4 Å². The van der Waals surface area contributed by atoms with Crippen LogP contribution in [0.5, 0.6) is 0 Å². The molecule has 0 aromatic rings. The molecular weight excluding hydrogens is 156 g/mol. The standard InChI is InChI=1S/C8H18N2O2/c1-3-10-8(12)6-9-5-4-7(2)11/h7,9,11H,3-6H2,1-2H3,(H,10,12). The van der Waals surface area contributed by atoms with E-state index in [9.17, 15) is 4.79 Å². The van der Waals surface area contributed by atoms with Crippen LogP contribution in [0.4, 0.5) is 0 Å². The molecule has 0 aromatic carbocycles. The molecule has 4 nitrogen and oxygen atoms in total. The zero-order valence-corrected chi connectivity index (χ0v) is 7.76. The van der Waals surface area contributed by atoms with Gasteiger partial charge in [-0.1, -0.05) is 0 Å². The van der Waals surface area contributed by atoms with Crippen LogP contribution >= 0.6 is 0 Å². The molecule has 4 heteroatoms. The van der Waals surface area contributed by atoms with Crippen LogP contribution in [0, 0.1) is 0 Å². The van der Waals surface area contributed by atoms with E-state index >= 15 is 0 Å². The monoisotopic (exact) mass is 174 g/mol.